The first-order valence-electron chi connectivity index (χ1n) is 3.05. The van der Waals surface area contributed by atoms with E-state index in [-0.39, 0.29) is 22.6 Å². The lowest BCUT2D eigenvalue weighted by Crippen LogP contribution is -2.45. The van der Waals surface area contributed by atoms with Crippen molar-refractivity contribution in [2.75, 3.05) is 19.7 Å². The summed E-state index contributed by atoms with van der Waals surface area (Å²) in [6.45, 7) is 7.03. The van der Waals surface area contributed by atoms with Crippen molar-refractivity contribution in [3.05, 3.63) is 0 Å². The first kappa shape index (κ1) is 9.40. The summed E-state index contributed by atoms with van der Waals surface area (Å²) >= 11 is 0. The summed E-state index contributed by atoms with van der Waals surface area (Å²) < 4.78 is 5.40. The van der Waals surface area contributed by atoms with E-state index < -0.39 is 0 Å². The molecule has 0 spiro atoms. The second-order valence-electron chi connectivity index (χ2n) is 2.78. The van der Waals surface area contributed by atoms with Gasteiger partial charge in [-0.25, -0.2) is 0 Å². The Bertz CT molecular complexity index is 77.1. The van der Waals surface area contributed by atoms with Gasteiger partial charge < -0.3 is 10.1 Å². The van der Waals surface area contributed by atoms with Crippen LogP contribution in [0.2, 0.25) is 0 Å². The molecule has 0 aliphatic carbocycles. The van der Waals surface area contributed by atoms with Gasteiger partial charge in [0.15, 0.2) is 0 Å². The van der Waals surface area contributed by atoms with E-state index in [1.807, 2.05) is 0 Å². The molecule has 0 saturated carbocycles. The highest BCUT2D eigenvalue weighted by molar-refractivity contribution is 8.93. The largest absolute Gasteiger partial charge is 0.373 e. The molecular formula is C6H14BrNO. The highest BCUT2D eigenvalue weighted by Gasteiger charge is 2.20. The predicted molar refractivity (Wildman–Crippen MR) is 43.2 cm³/mol. The van der Waals surface area contributed by atoms with Gasteiger partial charge in [0, 0.05) is 13.1 Å². The molecule has 0 aromatic rings. The van der Waals surface area contributed by atoms with Crippen molar-refractivity contribution in [1.82, 2.24) is 5.32 Å². The zero-order valence-corrected chi connectivity index (χ0v) is 7.65. The summed E-state index contributed by atoms with van der Waals surface area (Å²) in [6.07, 6.45) is 0. The van der Waals surface area contributed by atoms with E-state index in [9.17, 15) is 0 Å². The van der Waals surface area contributed by atoms with Crippen LogP contribution in [0.3, 0.4) is 0 Å². The molecule has 1 aliphatic rings. The van der Waals surface area contributed by atoms with Crippen molar-refractivity contribution in [3.8, 4) is 0 Å². The Hall–Kier alpha value is 0.400. The number of nitrogens with one attached hydrogen (secondary N) is 1. The average molecular weight is 196 g/mol. The normalized spacial score (nSPS) is 24.7. The van der Waals surface area contributed by atoms with Crippen molar-refractivity contribution in [2.24, 2.45) is 0 Å². The third-order valence-corrected chi connectivity index (χ3v) is 1.32. The number of hydrogen-bond acceptors (Lipinski definition) is 2. The lowest BCUT2D eigenvalue weighted by atomic mass is 10.1. The summed E-state index contributed by atoms with van der Waals surface area (Å²) in [5.74, 6) is 0. The fourth-order valence-electron chi connectivity index (χ4n) is 0.840. The van der Waals surface area contributed by atoms with Gasteiger partial charge in [-0.3, -0.25) is 0 Å². The minimum Gasteiger partial charge on any atom is -0.373 e. The van der Waals surface area contributed by atoms with E-state index in [4.69, 9.17) is 4.74 Å². The smallest absolute Gasteiger partial charge is 0.0750 e. The van der Waals surface area contributed by atoms with E-state index in [1.54, 1.807) is 0 Å². The number of halogens is 1. The molecule has 0 radical (unpaired) electrons. The zero-order valence-electron chi connectivity index (χ0n) is 5.94. The van der Waals surface area contributed by atoms with Crippen LogP contribution < -0.4 is 5.32 Å². The standard InChI is InChI=1S/C6H13NO.BrH/c1-6(2)5-7-3-4-8-6;/h7H,3-5H2,1-2H3;1H. The van der Waals surface area contributed by atoms with Gasteiger partial charge in [-0.05, 0) is 13.8 Å². The van der Waals surface area contributed by atoms with Gasteiger partial charge in [0.05, 0.1) is 12.2 Å². The Labute approximate surface area is 66.7 Å². The van der Waals surface area contributed by atoms with E-state index in [1.165, 1.54) is 0 Å². The highest BCUT2D eigenvalue weighted by atomic mass is 79.9. The summed E-state index contributed by atoms with van der Waals surface area (Å²) in [7, 11) is 0. The number of ether oxygens (including phenoxy) is 1. The molecule has 0 unspecified atom stereocenters. The molecule has 1 aliphatic heterocycles. The molecule has 0 aromatic carbocycles. The third kappa shape index (κ3) is 3.18. The molecule has 1 rings (SSSR count). The van der Waals surface area contributed by atoms with E-state index in [0.29, 0.717) is 0 Å². The van der Waals surface area contributed by atoms with Crippen LogP contribution in [0.5, 0.6) is 0 Å². The topological polar surface area (TPSA) is 21.3 Å². The first-order chi connectivity index (χ1) is 3.71. The molecule has 2 nitrogen and oxygen atoms in total. The van der Waals surface area contributed by atoms with Gasteiger partial charge in [0.2, 0.25) is 0 Å². The second-order valence-corrected chi connectivity index (χ2v) is 2.78. The van der Waals surface area contributed by atoms with Crippen LogP contribution in [0, 0.1) is 0 Å². The van der Waals surface area contributed by atoms with Gasteiger partial charge in [-0.1, -0.05) is 0 Å². The summed E-state index contributed by atoms with van der Waals surface area (Å²) in [6, 6.07) is 0. The highest BCUT2D eigenvalue weighted by Crippen LogP contribution is 2.08. The van der Waals surface area contributed by atoms with Crippen LogP contribution in [-0.4, -0.2) is 25.3 Å². The van der Waals surface area contributed by atoms with Crippen LogP contribution in [-0.2, 0) is 4.74 Å². The summed E-state index contributed by atoms with van der Waals surface area (Å²) in [5.41, 5.74) is 0.0677. The van der Waals surface area contributed by atoms with Crippen LogP contribution in [0.4, 0.5) is 0 Å². The van der Waals surface area contributed by atoms with Gasteiger partial charge in [-0.15, -0.1) is 17.0 Å². The maximum Gasteiger partial charge on any atom is 0.0750 e. The minimum absolute atomic E-state index is 0. The Morgan fingerprint density at radius 3 is 2.33 bits per heavy atom. The second kappa shape index (κ2) is 3.54. The van der Waals surface area contributed by atoms with Gasteiger partial charge in [0.1, 0.15) is 0 Å². The molecule has 0 atom stereocenters. The molecule has 1 N–H and O–H groups in total. The molecule has 1 heterocycles. The molecule has 0 amide bonds. The van der Waals surface area contributed by atoms with E-state index >= 15 is 0 Å². The number of rotatable bonds is 0. The van der Waals surface area contributed by atoms with Crippen molar-refractivity contribution in [3.63, 3.8) is 0 Å². The van der Waals surface area contributed by atoms with Crippen LogP contribution in [0.25, 0.3) is 0 Å². The molecule has 0 bridgehead atoms. The SMILES string of the molecule is Br.CC1(C)CNCCO1. The Morgan fingerprint density at radius 2 is 2.11 bits per heavy atom. The lowest BCUT2D eigenvalue weighted by molar-refractivity contribution is -0.0384. The summed E-state index contributed by atoms with van der Waals surface area (Å²) in [5, 5.41) is 3.25. The maximum atomic E-state index is 5.40. The van der Waals surface area contributed by atoms with Crippen molar-refractivity contribution >= 4 is 17.0 Å². The predicted octanol–water partition coefficient (Wildman–Crippen LogP) is 0.963. The molecule has 56 valence electrons. The van der Waals surface area contributed by atoms with E-state index in [0.717, 1.165) is 19.7 Å². The zero-order chi connectivity index (χ0) is 6.04. The lowest BCUT2D eigenvalue weighted by Gasteiger charge is -2.30. The van der Waals surface area contributed by atoms with E-state index in [2.05, 4.69) is 19.2 Å². The summed E-state index contributed by atoms with van der Waals surface area (Å²) in [4.78, 5) is 0. The van der Waals surface area contributed by atoms with Gasteiger partial charge >= 0.3 is 0 Å². The fourth-order valence-corrected chi connectivity index (χ4v) is 0.840. The van der Waals surface area contributed by atoms with Crippen LogP contribution >= 0.6 is 17.0 Å². The van der Waals surface area contributed by atoms with Crippen LogP contribution in [0.1, 0.15) is 13.8 Å². The minimum atomic E-state index is 0. The number of hydrogen-bond donors (Lipinski definition) is 1. The molecule has 1 fully saturated rings. The first-order valence-corrected chi connectivity index (χ1v) is 3.05. The van der Waals surface area contributed by atoms with Crippen LogP contribution in [0.15, 0.2) is 0 Å². The molecule has 3 heteroatoms. The van der Waals surface area contributed by atoms with Crippen molar-refractivity contribution in [1.29, 1.82) is 0 Å². The molecule has 1 saturated heterocycles. The van der Waals surface area contributed by atoms with Crippen molar-refractivity contribution < 1.29 is 4.74 Å². The molecular weight excluding hydrogens is 182 g/mol. The van der Waals surface area contributed by atoms with Crippen molar-refractivity contribution in [2.45, 2.75) is 19.4 Å². The Kier molecular flexibility index (Phi) is 3.70. The molecule has 0 aromatic heterocycles. The molecule has 9 heavy (non-hydrogen) atoms. The maximum absolute atomic E-state index is 5.40. The average Bonchev–Trinajstić information content (AvgIpc) is 1.65. The fraction of sp³-hybridized carbons (Fsp3) is 1.00. The monoisotopic (exact) mass is 195 g/mol. The Balaban J connectivity index is 0.000000640. The quantitative estimate of drug-likeness (QED) is 0.623. The number of morpholine rings is 1. The van der Waals surface area contributed by atoms with Gasteiger partial charge in [0.25, 0.3) is 0 Å². The van der Waals surface area contributed by atoms with Gasteiger partial charge in [-0.2, -0.15) is 0 Å². The Morgan fingerprint density at radius 1 is 1.44 bits per heavy atom. The third-order valence-electron chi connectivity index (χ3n) is 1.32.